The Labute approximate surface area is 148 Å². The Morgan fingerprint density at radius 3 is 2.40 bits per heavy atom. The number of halogens is 1. The van der Waals surface area contributed by atoms with E-state index >= 15 is 0 Å². The highest BCUT2D eigenvalue weighted by molar-refractivity contribution is 5.95. The third kappa shape index (κ3) is 3.58. The number of carbonyl (C=O) groups excluding carboxylic acids is 1. The molecule has 2 aliphatic heterocycles. The molecule has 0 radical (unpaired) electrons. The number of morpholine rings is 1. The maximum atomic E-state index is 13.2. The van der Waals surface area contributed by atoms with Gasteiger partial charge in [-0.25, -0.2) is 4.39 Å². The molecule has 1 aromatic rings. The second kappa shape index (κ2) is 7.04. The zero-order chi connectivity index (χ0) is 17.3. The summed E-state index contributed by atoms with van der Waals surface area (Å²) in [5.41, 5.74) is 0.525. The molecular formula is C20H27FN2O2. The lowest BCUT2D eigenvalue weighted by atomic mass is 9.86. The molecule has 2 saturated heterocycles. The molecule has 0 aromatic heterocycles. The maximum absolute atomic E-state index is 13.2. The van der Waals surface area contributed by atoms with Crippen LogP contribution >= 0.6 is 0 Å². The largest absolute Gasteiger partial charge is 0.363 e. The number of hydrogen-bond acceptors (Lipinski definition) is 3. The third-order valence-electron chi connectivity index (χ3n) is 6.19. The van der Waals surface area contributed by atoms with Gasteiger partial charge in [0.1, 0.15) is 12.4 Å². The van der Waals surface area contributed by atoms with Crippen LogP contribution in [-0.4, -0.2) is 48.7 Å². The first-order valence-electron chi connectivity index (χ1n) is 9.59. The molecule has 4 rings (SSSR count). The van der Waals surface area contributed by atoms with Gasteiger partial charge in [-0.2, -0.15) is 0 Å². The van der Waals surface area contributed by atoms with E-state index < -0.39 is 0 Å². The molecule has 2 heterocycles. The maximum Gasteiger partial charge on any atom is 0.253 e. The van der Waals surface area contributed by atoms with E-state index in [0.717, 1.165) is 37.7 Å². The van der Waals surface area contributed by atoms with Crippen LogP contribution in [0.5, 0.6) is 0 Å². The summed E-state index contributed by atoms with van der Waals surface area (Å²) in [5.74, 6) is -0.313. The van der Waals surface area contributed by atoms with Crippen LogP contribution in [0.15, 0.2) is 24.3 Å². The van der Waals surface area contributed by atoms with Crippen LogP contribution in [0.4, 0.5) is 10.1 Å². The molecule has 3 fully saturated rings. The van der Waals surface area contributed by atoms with Gasteiger partial charge in [0.25, 0.3) is 5.91 Å². The van der Waals surface area contributed by atoms with Gasteiger partial charge in [-0.05, 0) is 49.9 Å². The minimum Gasteiger partial charge on any atom is -0.363 e. The standard InChI is InChI=1S/C20H27FN2O2/c21-16-6-8-18(9-7-16)23-15-20(25-14-19(23)24)10-12-22(13-11-20)17-4-2-1-3-5-17/h6-9,17H,1-5,10-15H2. The summed E-state index contributed by atoms with van der Waals surface area (Å²) >= 11 is 0. The van der Waals surface area contributed by atoms with E-state index in [9.17, 15) is 9.18 Å². The Morgan fingerprint density at radius 2 is 1.72 bits per heavy atom. The van der Waals surface area contributed by atoms with Crippen LogP contribution in [0.25, 0.3) is 0 Å². The molecule has 1 spiro atoms. The van der Waals surface area contributed by atoms with E-state index in [4.69, 9.17) is 4.74 Å². The van der Waals surface area contributed by atoms with Gasteiger partial charge in [0.05, 0.1) is 12.1 Å². The van der Waals surface area contributed by atoms with E-state index in [-0.39, 0.29) is 23.9 Å². The monoisotopic (exact) mass is 346 g/mol. The van der Waals surface area contributed by atoms with Gasteiger partial charge in [0.2, 0.25) is 0 Å². The molecule has 1 aromatic carbocycles. The summed E-state index contributed by atoms with van der Waals surface area (Å²) in [5, 5.41) is 0. The first kappa shape index (κ1) is 17.0. The minimum absolute atomic E-state index is 0.0352. The number of carbonyl (C=O) groups is 1. The summed E-state index contributed by atoms with van der Waals surface area (Å²) in [4.78, 5) is 16.7. The number of ether oxygens (including phenoxy) is 1. The van der Waals surface area contributed by atoms with Crippen molar-refractivity contribution in [2.24, 2.45) is 0 Å². The lowest BCUT2D eigenvalue weighted by Crippen LogP contribution is -2.60. The van der Waals surface area contributed by atoms with Gasteiger partial charge in [-0.3, -0.25) is 4.79 Å². The van der Waals surface area contributed by atoms with Crippen LogP contribution < -0.4 is 4.90 Å². The molecule has 5 heteroatoms. The number of rotatable bonds is 2. The number of likely N-dealkylation sites (tertiary alicyclic amines) is 1. The minimum atomic E-state index is -0.278. The molecule has 25 heavy (non-hydrogen) atoms. The van der Waals surface area contributed by atoms with Crippen LogP contribution in [0.1, 0.15) is 44.9 Å². The fraction of sp³-hybridized carbons (Fsp3) is 0.650. The number of nitrogens with zero attached hydrogens (tertiary/aromatic N) is 2. The predicted molar refractivity (Wildman–Crippen MR) is 95.1 cm³/mol. The van der Waals surface area contributed by atoms with E-state index in [1.54, 1.807) is 17.0 Å². The predicted octanol–water partition coefficient (Wildman–Crippen LogP) is 3.36. The van der Waals surface area contributed by atoms with Gasteiger partial charge in [0.15, 0.2) is 0 Å². The molecule has 3 aliphatic rings. The third-order valence-corrected chi connectivity index (χ3v) is 6.19. The Kier molecular flexibility index (Phi) is 4.78. The normalized spacial score (nSPS) is 25.5. The number of amides is 1. The smallest absolute Gasteiger partial charge is 0.253 e. The van der Waals surface area contributed by atoms with Crippen LogP contribution in [0.2, 0.25) is 0 Å². The van der Waals surface area contributed by atoms with E-state index in [1.807, 2.05) is 0 Å². The topological polar surface area (TPSA) is 32.8 Å². The number of piperidine rings is 1. The van der Waals surface area contributed by atoms with Crippen molar-refractivity contribution in [3.05, 3.63) is 30.1 Å². The van der Waals surface area contributed by atoms with Gasteiger partial charge >= 0.3 is 0 Å². The average Bonchev–Trinajstić information content (AvgIpc) is 2.66. The van der Waals surface area contributed by atoms with E-state index in [2.05, 4.69) is 4.90 Å². The Hall–Kier alpha value is -1.46. The first-order valence-corrected chi connectivity index (χ1v) is 9.59. The number of hydrogen-bond donors (Lipinski definition) is 0. The Morgan fingerprint density at radius 1 is 1.04 bits per heavy atom. The van der Waals surface area contributed by atoms with Crippen molar-refractivity contribution in [1.82, 2.24) is 4.90 Å². The number of benzene rings is 1. The van der Waals surface area contributed by atoms with Crippen LogP contribution in [0, 0.1) is 5.82 Å². The summed E-state index contributed by atoms with van der Waals surface area (Å²) in [6, 6.07) is 6.93. The van der Waals surface area contributed by atoms with Crippen molar-refractivity contribution in [2.45, 2.75) is 56.6 Å². The van der Waals surface area contributed by atoms with Gasteiger partial charge in [-0.15, -0.1) is 0 Å². The van der Waals surface area contributed by atoms with Crippen molar-refractivity contribution < 1.29 is 13.9 Å². The average molecular weight is 346 g/mol. The molecule has 4 nitrogen and oxygen atoms in total. The quantitative estimate of drug-likeness (QED) is 0.823. The molecule has 0 N–H and O–H groups in total. The summed E-state index contributed by atoms with van der Waals surface area (Å²) < 4.78 is 19.2. The molecule has 1 saturated carbocycles. The highest BCUT2D eigenvalue weighted by atomic mass is 19.1. The molecule has 0 bridgehead atoms. The summed E-state index contributed by atoms with van der Waals surface area (Å²) in [6.45, 7) is 2.81. The van der Waals surface area contributed by atoms with Gasteiger partial charge < -0.3 is 14.5 Å². The second-order valence-electron chi connectivity index (χ2n) is 7.76. The molecule has 1 aliphatic carbocycles. The summed E-state index contributed by atoms with van der Waals surface area (Å²) in [7, 11) is 0. The molecular weight excluding hydrogens is 319 g/mol. The van der Waals surface area contributed by atoms with Crippen LogP contribution in [-0.2, 0) is 9.53 Å². The highest BCUT2D eigenvalue weighted by Crippen LogP contribution is 2.35. The van der Waals surface area contributed by atoms with Crippen molar-refractivity contribution >= 4 is 11.6 Å². The zero-order valence-corrected chi connectivity index (χ0v) is 14.8. The molecule has 0 atom stereocenters. The summed E-state index contributed by atoms with van der Waals surface area (Å²) in [6.07, 6.45) is 8.68. The fourth-order valence-corrected chi connectivity index (χ4v) is 4.62. The lowest BCUT2D eigenvalue weighted by molar-refractivity contribution is -0.145. The van der Waals surface area contributed by atoms with Gasteiger partial charge in [-0.1, -0.05) is 19.3 Å². The SMILES string of the molecule is O=C1COC2(CCN(C3CCCCC3)CC2)CN1c1ccc(F)cc1. The highest BCUT2D eigenvalue weighted by Gasteiger charge is 2.43. The molecule has 1 amide bonds. The molecule has 136 valence electrons. The van der Waals surface area contributed by atoms with Crippen molar-refractivity contribution in [3.8, 4) is 0 Å². The Bertz CT molecular complexity index is 605. The second-order valence-corrected chi connectivity index (χ2v) is 7.76. The fourth-order valence-electron chi connectivity index (χ4n) is 4.62. The van der Waals surface area contributed by atoms with Crippen molar-refractivity contribution in [2.75, 3.05) is 31.1 Å². The van der Waals surface area contributed by atoms with Crippen molar-refractivity contribution in [3.63, 3.8) is 0 Å². The lowest BCUT2D eigenvalue weighted by Gasteiger charge is -2.48. The Balaban J connectivity index is 1.42. The van der Waals surface area contributed by atoms with Crippen LogP contribution in [0.3, 0.4) is 0 Å². The van der Waals surface area contributed by atoms with E-state index in [0.29, 0.717) is 6.54 Å². The number of anilines is 1. The first-order chi connectivity index (χ1) is 12.2. The van der Waals surface area contributed by atoms with Gasteiger partial charge in [0, 0.05) is 24.8 Å². The zero-order valence-electron chi connectivity index (χ0n) is 14.8. The van der Waals surface area contributed by atoms with Crippen molar-refractivity contribution in [1.29, 1.82) is 0 Å². The van der Waals surface area contributed by atoms with E-state index in [1.165, 1.54) is 44.2 Å². The molecule has 0 unspecified atom stereocenters.